The van der Waals surface area contributed by atoms with Crippen LogP contribution < -0.4 is 10.1 Å². The van der Waals surface area contributed by atoms with Crippen LogP contribution in [0.4, 0.5) is 4.79 Å². The number of amides is 1. The van der Waals surface area contributed by atoms with Gasteiger partial charge < -0.3 is 39.2 Å². The molecule has 0 aromatic heterocycles. The molecule has 1 fully saturated rings. The zero-order valence-electron chi connectivity index (χ0n) is 29.9. The number of hydrogen-bond acceptors (Lipinski definition) is 11. The molecule has 4 aliphatic rings. The minimum absolute atomic E-state index is 0.0304. The molecular formula is C39H47NO11. The number of rotatable bonds is 10. The Kier molecular flexibility index (Phi) is 9.60. The van der Waals surface area contributed by atoms with Crippen LogP contribution in [0.2, 0.25) is 0 Å². The largest absolute Gasteiger partial charge is 0.509 e. The molecule has 3 N–H and O–H groups in total. The van der Waals surface area contributed by atoms with Crippen molar-refractivity contribution >= 4 is 24.0 Å². The van der Waals surface area contributed by atoms with Crippen molar-refractivity contribution in [1.82, 2.24) is 5.32 Å². The maximum Gasteiger partial charge on any atom is 0.509 e. The van der Waals surface area contributed by atoms with Crippen molar-refractivity contribution < 1.29 is 53.1 Å². The van der Waals surface area contributed by atoms with Crippen LogP contribution in [0.3, 0.4) is 0 Å². The van der Waals surface area contributed by atoms with Gasteiger partial charge in [-0.2, -0.15) is 0 Å². The number of aromatic hydroxyl groups is 1. The van der Waals surface area contributed by atoms with Gasteiger partial charge in [-0.25, -0.2) is 9.59 Å². The molecule has 1 aliphatic heterocycles. The fourth-order valence-corrected chi connectivity index (χ4v) is 8.22. The molecule has 2 aromatic rings. The zero-order valence-corrected chi connectivity index (χ0v) is 29.9. The van der Waals surface area contributed by atoms with Gasteiger partial charge in [0.25, 0.3) is 5.91 Å². The smallest absolute Gasteiger partial charge is 0.504 e. The molecule has 0 saturated heterocycles. The predicted molar refractivity (Wildman–Crippen MR) is 182 cm³/mol. The van der Waals surface area contributed by atoms with Gasteiger partial charge in [0.1, 0.15) is 17.4 Å². The van der Waals surface area contributed by atoms with Crippen molar-refractivity contribution in [2.75, 3.05) is 6.61 Å². The maximum absolute atomic E-state index is 13.7. The number of phenols is 1. The van der Waals surface area contributed by atoms with Gasteiger partial charge in [0.2, 0.25) is 6.10 Å². The Labute approximate surface area is 297 Å². The number of nitrogens with one attached hydrogen (secondary N) is 1. The quantitative estimate of drug-likeness (QED) is 0.216. The highest BCUT2D eigenvalue weighted by Crippen LogP contribution is 2.68. The van der Waals surface area contributed by atoms with Crippen molar-refractivity contribution in [2.24, 2.45) is 17.8 Å². The molecule has 1 unspecified atom stereocenters. The summed E-state index contributed by atoms with van der Waals surface area (Å²) in [6.07, 6.45) is -0.263. The van der Waals surface area contributed by atoms with Gasteiger partial charge in [-0.3, -0.25) is 9.59 Å². The number of benzene rings is 2. The third-order valence-corrected chi connectivity index (χ3v) is 10.4. The van der Waals surface area contributed by atoms with E-state index in [1.54, 1.807) is 63.2 Å². The van der Waals surface area contributed by atoms with Crippen LogP contribution in [0.1, 0.15) is 90.0 Å². The van der Waals surface area contributed by atoms with Gasteiger partial charge in [0.15, 0.2) is 17.6 Å². The number of ether oxygens (including phenoxy) is 5. The van der Waals surface area contributed by atoms with Gasteiger partial charge in [0, 0.05) is 11.1 Å². The number of esters is 2. The van der Waals surface area contributed by atoms with E-state index in [1.807, 2.05) is 19.9 Å². The standard InChI is InChI=1S/C39H47NO11/c1-21(2)20-47-35(44)26(40-34(43)31(23-10-8-7-9-11-23)50-36(45)51-37(4,5)6)19-29(42)48-28-15-17-39(46)25-18-24-12-13-27(41)32-30(24)38(39,33(28)49-32)16-14-22(25)3/h7-13,15,21-22,25-26,31,33,41,46H,14,16-20H2,1-6H3,(H,40,43)/t22?,25-,26-,31-,33-,38-,39+/m0/s1. The second-order valence-corrected chi connectivity index (χ2v) is 15.6. The summed E-state index contributed by atoms with van der Waals surface area (Å²) in [5.74, 6) is -2.08. The number of carbonyl (C=O) groups is 4. The van der Waals surface area contributed by atoms with E-state index >= 15 is 0 Å². The Morgan fingerprint density at radius 1 is 1.08 bits per heavy atom. The summed E-state index contributed by atoms with van der Waals surface area (Å²) in [5.41, 5.74) is -0.957. The molecule has 1 amide bonds. The minimum Gasteiger partial charge on any atom is -0.504 e. The number of phenolic OH excluding ortho intramolecular Hbond substituents is 1. The first-order chi connectivity index (χ1) is 24.0. The van der Waals surface area contributed by atoms with E-state index in [0.29, 0.717) is 18.4 Å². The van der Waals surface area contributed by atoms with E-state index in [1.165, 1.54) is 0 Å². The van der Waals surface area contributed by atoms with Gasteiger partial charge in [-0.15, -0.1) is 0 Å². The zero-order chi connectivity index (χ0) is 36.9. The lowest BCUT2D eigenvalue weighted by Gasteiger charge is -2.61. The maximum atomic E-state index is 13.7. The SMILES string of the molecule is CC(C)COC(=O)[C@H](CC(=O)OC1=CC[C@@]2(O)[C@H]3Cc4ccc(O)c5c4[C@@]2(CCC3C)[C@H]1O5)NC(=O)[C@@H](OC(=O)OC(C)(C)C)c1ccccc1. The van der Waals surface area contributed by atoms with E-state index in [2.05, 4.69) is 12.2 Å². The molecule has 7 atom stereocenters. The molecule has 12 heteroatoms. The number of aliphatic hydroxyl groups is 1. The molecule has 2 aromatic carbocycles. The Bertz CT molecular complexity index is 1730. The van der Waals surface area contributed by atoms with Crippen LogP contribution in [-0.4, -0.2) is 64.2 Å². The summed E-state index contributed by atoms with van der Waals surface area (Å²) < 4.78 is 28.5. The van der Waals surface area contributed by atoms with Crippen LogP contribution >= 0.6 is 0 Å². The Balaban J connectivity index is 1.25. The third-order valence-electron chi connectivity index (χ3n) is 10.4. The fourth-order valence-electron chi connectivity index (χ4n) is 8.22. The van der Waals surface area contributed by atoms with E-state index in [4.69, 9.17) is 23.7 Å². The second-order valence-electron chi connectivity index (χ2n) is 15.6. The summed E-state index contributed by atoms with van der Waals surface area (Å²) in [5, 5.41) is 25.8. The van der Waals surface area contributed by atoms with E-state index in [-0.39, 0.29) is 48.0 Å². The summed E-state index contributed by atoms with van der Waals surface area (Å²) in [6, 6.07) is 10.2. The van der Waals surface area contributed by atoms with Crippen molar-refractivity contribution in [3.05, 3.63) is 71.0 Å². The van der Waals surface area contributed by atoms with Crippen molar-refractivity contribution in [3.8, 4) is 11.5 Å². The molecule has 1 heterocycles. The van der Waals surface area contributed by atoms with Crippen molar-refractivity contribution in [2.45, 2.75) is 109 Å². The van der Waals surface area contributed by atoms with E-state index < -0.39 is 65.3 Å². The molecule has 6 rings (SSSR count). The van der Waals surface area contributed by atoms with Gasteiger partial charge >= 0.3 is 18.1 Å². The monoisotopic (exact) mass is 705 g/mol. The Morgan fingerprint density at radius 3 is 2.49 bits per heavy atom. The summed E-state index contributed by atoms with van der Waals surface area (Å²) >= 11 is 0. The Morgan fingerprint density at radius 2 is 1.80 bits per heavy atom. The molecule has 0 radical (unpaired) electrons. The van der Waals surface area contributed by atoms with Crippen LogP contribution in [0.5, 0.6) is 11.5 Å². The first kappa shape index (κ1) is 36.2. The predicted octanol–water partition coefficient (Wildman–Crippen LogP) is 5.32. The van der Waals surface area contributed by atoms with Crippen molar-refractivity contribution in [3.63, 3.8) is 0 Å². The minimum atomic E-state index is -1.52. The Hall–Kier alpha value is -4.58. The first-order valence-electron chi connectivity index (χ1n) is 17.6. The summed E-state index contributed by atoms with van der Waals surface area (Å²) in [4.78, 5) is 53.5. The molecule has 3 aliphatic carbocycles. The number of hydrogen-bond donors (Lipinski definition) is 3. The topological polar surface area (TPSA) is 167 Å². The molecule has 274 valence electrons. The molecule has 51 heavy (non-hydrogen) atoms. The molecule has 1 spiro atoms. The lowest BCUT2D eigenvalue weighted by Crippen LogP contribution is -2.69. The van der Waals surface area contributed by atoms with Gasteiger partial charge in [0.05, 0.1) is 24.0 Å². The molecule has 12 nitrogen and oxygen atoms in total. The lowest BCUT2D eigenvalue weighted by molar-refractivity contribution is -0.171. The molecular weight excluding hydrogens is 658 g/mol. The van der Waals surface area contributed by atoms with Crippen LogP contribution in [0.15, 0.2) is 54.3 Å². The van der Waals surface area contributed by atoms with Crippen LogP contribution in [-0.2, 0) is 45.2 Å². The summed E-state index contributed by atoms with van der Waals surface area (Å²) in [7, 11) is 0. The van der Waals surface area contributed by atoms with Crippen molar-refractivity contribution in [1.29, 1.82) is 0 Å². The highest BCUT2D eigenvalue weighted by molar-refractivity contribution is 5.91. The van der Waals surface area contributed by atoms with Crippen LogP contribution in [0, 0.1) is 17.8 Å². The third kappa shape index (κ3) is 6.66. The highest BCUT2D eigenvalue weighted by Gasteiger charge is 2.72. The van der Waals surface area contributed by atoms with Crippen LogP contribution in [0.25, 0.3) is 0 Å². The normalized spacial score (nSPS) is 26.8. The second kappa shape index (κ2) is 13.5. The number of carbonyl (C=O) groups excluding carboxylic acids is 4. The average molecular weight is 706 g/mol. The lowest BCUT2D eigenvalue weighted by atomic mass is 9.45. The molecule has 2 bridgehead atoms. The van der Waals surface area contributed by atoms with Gasteiger partial charge in [-0.1, -0.05) is 57.2 Å². The fraction of sp³-hybridized carbons (Fsp3) is 0.538. The average Bonchev–Trinajstić information content (AvgIpc) is 3.42. The van der Waals surface area contributed by atoms with E-state index in [0.717, 1.165) is 17.5 Å². The molecule has 1 saturated carbocycles. The van der Waals surface area contributed by atoms with E-state index in [9.17, 15) is 29.4 Å². The first-order valence-corrected chi connectivity index (χ1v) is 17.6. The summed E-state index contributed by atoms with van der Waals surface area (Å²) in [6.45, 7) is 10.8. The highest BCUT2D eigenvalue weighted by atomic mass is 16.7. The van der Waals surface area contributed by atoms with Gasteiger partial charge in [-0.05, 0) is 81.9 Å².